The second kappa shape index (κ2) is 13.2. The summed E-state index contributed by atoms with van der Waals surface area (Å²) in [5.41, 5.74) is 9.89. The third-order valence-electron chi connectivity index (χ3n) is 10.5. The van der Waals surface area contributed by atoms with Gasteiger partial charge in [-0.15, -0.1) is 0 Å². The van der Waals surface area contributed by atoms with Gasteiger partial charge in [-0.3, -0.25) is 0 Å². The second-order valence-corrected chi connectivity index (χ2v) is 14.6. The minimum Gasteiger partial charge on any atom is -0.308 e. The third kappa shape index (κ3) is 5.65. The summed E-state index contributed by atoms with van der Waals surface area (Å²) in [5.74, 6) is 4.37. The zero-order valence-electron chi connectivity index (χ0n) is 32.7. The van der Waals surface area contributed by atoms with Crippen molar-refractivity contribution >= 4 is 43.6 Å². The second-order valence-electron chi connectivity index (χ2n) is 14.6. The number of fused-ring (bicyclic) bond motifs is 6. The van der Waals surface area contributed by atoms with E-state index in [0.717, 1.165) is 77.4 Å². The van der Waals surface area contributed by atoms with Gasteiger partial charge in [-0.25, -0.2) is 39.9 Å². The highest BCUT2D eigenvalue weighted by Crippen LogP contribution is 2.41. The molecule has 0 aliphatic rings. The summed E-state index contributed by atoms with van der Waals surface area (Å²) in [5, 5.41) is 15.4. The van der Waals surface area contributed by atoms with Crippen LogP contribution >= 0.6 is 0 Å². The fourth-order valence-corrected chi connectivity index (χ4v) is 8.29. The standard InChI is InChI=1S/C47H35N11/c1-25-19-26(2)50-47(49-25)38-23-41(57-39-13-9-7-11-34(39)36-17-15-31(20-42(36)57)45-53-27(3)51-28(4)54-45)33(24-48)22-44(38)58-40-14-10-8-12-35(40)37-18-16-32(21-43(37)58)46-55-29(5)52-30(6)56-46/h7-23H,1-6H3. The van der Waals surface area contributed by atoms with Gasteiger partial charge < -0.3 is 9.13 Å². The van der Waals surface area contributed by atoms with Crippen LogP contribution in [0.25, 0.3) is 89.2 Å². The topological polar surface area (TPSA) is 137 Å². The lowest BCUT2D eigenvalue weighted by atomic mass is 10.0. The number of aryl methyl sites for hydroxylation is 6. The highest BCUT2D eigenvalue weighted by Gasteiger charge is 2.24. The fraction of sp³-hybridized carbons (Fsp3) is 0.128. The van der Waals surface area contributed by atoms with Crippen LogP contribution in [0.1, 0.15) is 40.2 Å². The van der Waals surface area contributed by atoms with Crippen molar-refractivity contribution in [1.82, 2.24) is 49.0 Å². The van der Waals surface area contributed by atoms with Crippen molar-refractivity contribution in [3.63, 3.8) is 0 Å². The lowest BCUT2D eigenvalue weighted by molar-refractivity contribution is 0.928. The van der Waals surface area contributed by atoms with E-state index >= 15 is 0 Å². The average Bonchev–Trinajstić information content (AvgIpc) is 3.71. The van der Waals surface area contributed by atoms with Crippen molar-refractivity contribution in [1.29, 1.82) is 5.26 Å². The highest BCUT2D eigenvalue weighted by molar-refractivity contribution is 6.12. The molecule has 0 bridgehead atoms. The quantitative estimate of drug-likeness (QED) is 0.168. The molecule has 0 unspecified atom stereocenters. The van der Waals surface area contributed by atoms with E-state index in [-0.39, 0.29) is 0 Å². The first-order valence-corrected chi connectivity index (χ1v) is 19.0. The normalized spacial score (nSPS) is 11.6. The van der Waals surface area contributed by atoms with Gasteiger partial charge in [0.05, 0.1) is 39.0 Å². The first-order valence-electron chi connectivity index (χ1n) is 19.0. The summed E-state index contributed by atoms with van der Waals surface area (Å²) in [6.45, 7) is 11.5. The van der Waals surface area contributed by atoms with Crippen LogP contribution in [0.3, 0.4) is 0 Å². The van der Waals surface area contributed by atoms with Crippen LogP contribution < -0.4 is 0 Å². The van der Waals surface area contributed by atoms with E-state index in [0.29, 0.717) is 52.0 Å². The number of benzene rings is 5. The SMILES string of the molecule is Cc1cc(C)nc(-c2cc(-n3c4ccccc4c4ccc(-c5nc(C)nc(C)n5)cc43)c(C#N)cc2-n2c3ccccc3c3ccc(-c4nc(C)nc(C)n4)cc32)n1. The molecule has 5 aromatic carbocycles. The summed E-state index contributed by atoms with van der Waals surface area (Å²) >= 11 is 0. The molecule has 0 fully saturated rings. The molecule has 11 nitrogen and oxygen atoms in total. The van der Waals surface area contributed by atoms with Crippen molar-refractivity contribution in [3.05, 3.63) is 143 Å². The van der Waals surface area contributed by atoms with Gasteiger partial charge in [-0.2, -0.15) is 5.26 Å². The summed E-state index contributed by atoms with van der Waals surface area (Å²) < 4.78 is 4.38. The summed E-state index contributed by atoms with van der Waals surface area (Å²) in [7, 11) is 0. The molecule has 0 saturated carbocycles. The number of rotatable bonds is 5. The van der Waals surface area contributed by atoms with Gasteiger partial charge in [0.15, 0.2) is 17.5 Å². The van der Waals surface area contributed by atoms with Gasteiger partial charge >= 0.3 is 0 Å². The Balaban J connectivity index is 1.31. The van der Waals surface area contributed by atoms with Crippen LogP contribution in [-0.2, 0) is 0 Å². The lowest BCUT2D eigenvalue weighted by Crippen LogP contribution is -2.06. The lowest BCUT2D eigenvalue weighted by Gasteiger charge is -2.18. The van der Waals surface area contributed by atoms with Crippen LogP contribution in [0, 0.1) is 52.9 Å². The first kappa shape index (κ1) is 34.8. The van der Waals surface area contributed by atoms with Crippen molar-refractivity contribution in [2.45, 2.75) is 41.5 Å². The molecule has 0 aliphatic carbocycles. The zero-order chi connectivity index (χ0) is 39.8. The van der Waals surface area contributed by atoms with Gasteiger partial charge in [-0.1, -0.05) is 60.7 Å². The molecule has 10 rings (SSSR count). The molecule has 0 atom stereocenters. The molecule has 5 aromatic heterocycles. The maximum absolute atomic E-state index is 11.1. The Labute approximate surface area is 333 Å². The maximum atomic E-state index is 11.1. The van der Waals surface area contributed by atoms with Crippen molar-refractivity contribution in [3.8, 4) is 51.6 Å². The van der Waals surface area contributed by atoms with Gasteiger partial charge in [0.2, 0.25) is 0 Å². The Morgan fingerprint density at radius 1 is 0.414 bits per heavy atom. The Morgan fingerprint density at radius 2 is 0.862 bits per heavy atom. The van der Waals surface area contributed by atoms with E-state index in [9.17, 15) is 5.26 Å². The predicted molar refractivity (Wildman–Crippen MR) is 227 cm³/mol. The molecule has 0 amide bonds. The molecule has 58 heavy (non-hydrogen) atoms. The van der Waals surface area contributed by atoms with E-state index in [1.54, 1.807) is 0 Å². The van der Waals surface area contributed by atoms with E-state index in [1.165, 1.54) is 0 Å². The smallest absolute Gasteiger partial charge is 0.163 e. The van der Waals surface area contributed by atoms with Crippen LogP contribution in [-0.4, -0.2) is 49.0 Å². The molecule has 5 heterocycles. The van der Waals surface area contributed by atoms with Crippen LogP contribution in [0.2, 0.25) is 0 Å². The molecule has 0 radical (unpaired) electrons. The first-order chi connectivity index (χ1) is 28.1. The van der Waals surface area contributed by atoms with Crippen LogP contribution in [0.15, 0.2) is 103 Å². The number of aromatic nitrogens is 10. The molecule has 10 aromatic rings. The molecule has 0 N–H and O–H groups in total. The molecule has 11 heteroatoms. The third-order valence-corrected chi connectivity index (χ3v) is 10.5. The van der Waals surface area contributed by atoms with Gasteiger partial charge in [0, 0.05) is 49.6 Å². The van der Waals surface area contributed by atoms with Crippen LogP contribution in [0.5, 0.6) is 0 Å². The van der Waals surface area contributed by atoms with E-state index < -0.39 is 0 Å². The number of nitriles is 1. The molecule has 0 aliphatic heterocycles. The summed E-state index contributed by atoms with van der Waals surface area (Å²) in [6.07, 6.45) is 0. The highest BCUT2D eigenvalue weighted by atomic mass is 15.0. The van der Waals surface area contributed by atoms with Crippen molar-refractivity contribution in [2.75, 3.05) is 0 Å². The van der Waals surface area contributed by atoms with Crippen molar-refractivity contribution in [2.24, 2.45) is 0 Å². The number of para-hydroxylation sites is 2. The summed E-state index contributed by atoms with van der Waals surface area (Å²) in [6, 6.07) is 37.8. The van der Waals surface area contributed by atoms with Gasteiger partial charge in [0.1, 0.15) is 29.4 Å². The monoisotopic (exact) mass is 753 g/mol. The largest absolute Gasteiger partial charge is 0.308 e. The Hall–Kier alpha value is -7.71. The molecular weight excluding hydrogens is 719 g/mol. The number of hydrogen-bond donors (Lipinski definition) is 0. The Morgan fingerprint density at radius 3 is 1.34 bits per heavy atom. The Bertz CT molecular complexity index is 3330. The fourth-order valence-electron chi connectivity index (χ4n) is 8.29. The average molecular weight is 754 g/mol. The van der Waals surface area contributed by atoms with Crippen LogP contribution in [0.4, 0.5) is 0 Å². The minimum absolute atomic E-state index is 0.480. The van der Waals surface area contributed by atoms with Gasteiger partial charge in [0.25, 0.3) is 0 Å². The molecule has 0 saturated heterocycles. The molecule has 0 spiro atoms. The molecule has 278 valence electrons. The number of nitrogens with zero attached hydrogens (tertiary/aromatic N) is 11. The maximum Gasteiger partial charge on any atom is 0.163 e. The zero-order valence-corrected chi connectivity index (χ0v) is 32.7. The number of hydrogen-bond acceptors (Lipinski definition) is 9. The van der Waals surface area contributed by atoms with Crippen molar-refractivity contribution < 1.29 is 0 Å². The van der Waals surface area contributed by atoms with Gasteiger partial charge in [-0.05, 0) is 84.0 Å². The minimum atomic E-state index is 0.480. The van der Waals surface area contributed by atoms with E-state index in [1.807, 2.05) is 84.0 Å². The Kier molecular flexibility index (Phi) is 7.91. The van der Waals surface area contributed by atoms with E-state index in [2.05, 4.69) is 95.8 Å². The predicted octanol–water partition coefficient (Wildman–Crippen LogP) is 9.76. The molecular formula is C47H35N11. The summed E-state index contributed by atoms with van der Waals surface area (Å²) in [4.78, 5) is 37.6. The van der Waals surface area contributed by atoms with E-state index in [4.69, 9.17) is 19.9 Å².